The number of carbonyl (C=O) groups excluding carboxylic acids is 2. The van der Waals surface area contributed by atoms with Crippen LogP contribution in [-0.2, 0) is 14.3 Å². The van der Waals surface area contributed by atoms with E-state index < -0.39 is 28.7 Å². The Labute approximate surface area is 160 Å². The lowest BCUT2D eigenvalue weighted by Crippen LogP contribution is -2.30. The van der Waals surface area contributed by atoms with Gasteiger partial charge in [0.15, 0.2) is 6.10 Å². The van der Waals surface area contributed by atoms with Gasteiger partial charge in [0.25, 0.3) is 11.6 Å². The molecule has 0 unspecified atom stereocenters. The molecule has 0 heterocycles. The van der Waals surface area contributed by atoms with Gasteiger partial charge in [0.1, 0.15) is 11.5 Å². The zero-order valence-electron chi connectivity index (χ0n) is 15.2. The predicted octanol–water partition coefficient (Wildman–Crippen LogP) is 3.50. The van der Waals surface area contributed by atoms with Crippen LogP contribution in [0.2, 0.25) is 0 Å². The van der Waals surface area contributed by atoms with Gasteiger partial charge in [-0.1, -0.05) is 24.3 Å². The lowest BCUT2D eigenvalue weighted by Gasteiger charge is -2.14. The van der Waals surface area contributed by atoms with Gasteiger partial charge >= 0.3 is 5.97 Å². The Morgan fingerprint density at radius 3 is 2.46 bits per heavy atom. The van der Waals surface area contributed by atoms with Crippen LogP contribution in [0.5, 0.6) is 0 Å². The molecule has 0 aliphatic carbocycles. The number of benzene rings is 2. The first kappa shape index (κ1) is 20.8. The molecule has 2 N–H and O–H groups in total. The minimum atomic E-state index is -1.09. The topological polar surface area (TPSA) is 111 Å². The first-order valence-electron chi connectivity index (χ1n) is 8.60. The summed E-state index contributed by atoms with van der Waals surface area (Å²) < 4.78 is 18.6. The van der Waals surface area contributed by atoms with Crippen LogP contribution in [0.4, 0.5) is 21.5 Å². The Kier molecular flexibility index (Phi) is 7.44. The van der Waals surface area contributed by atoms with Gasteiger partial charge in [0, 0.05) is 19.0 Å². The quantitative estimate of drug-likeness (QED) is 0.294. The zero-order valence-corrected chi connectivity index (χ0v) is 15.2. The summed E-state index contributed by atoms with van der Waals surface area (Å²) in [5.41, 5.74) is 0.311. The van der Waals surface area contributed by atoms with Crippen LogP contribution in [0.1, 0.15) is 19.8 Å². The molecule has 28 heavy (non-hydrogen) atoms. The molecule has 0 spiro atoms. The molecule has 2 aromatic rings. The first-order chi connectivity index (χ1) is 13.4. The Morgan fingerprint density at radius 2 is 1.79 bits per heavy atom. The Morgan fingerprint density at radius 1 is 1.14 bits per heavy atom. The molecule has 2 aromatic carbocycles. The minimum absolute atomic E-state index is 0.00375. The average Bonchev–Trinajstić information content (AvgIpc) is 2.67. The molecule has 0 saturated heterocycles. The van der Waals surface area contributed by atoms with Crippen LogP contribution in [0, 0.1) is 15.9 Å². The molecule has 2 rings (SSSR count). The number of halogens is 1. The number of hydrogen-bond acceptors (Lipinski definition) is 6. The molecule has 0 bridgehead atoms. The molecule has 1 amide bonds. The molecule has 0 aliphatic rings. The third-order valence-electron chi connectivity index (χ3n) is 3.78. The van der Waals surface area contributed by atoms with Crippen molar-refractivity contribution in [3.8, 4) is 0 Å². The summed E-state index contributed by atoms with van der Waals surface area (Å²) in [4.78, 5) is 34.3. The van der Waals surface area contributed by atoms with Crippen molar-refractivity contribution in [2.24, 2.45) is 0 Å². The van der Waals surface area contributed by atoms with Gasteiger partial charge in [-0.3, -0.25) is 19.7 Å². The minimum Gasteiger partial charge on any atom is -0.453 e. The van der Waals surface area contributed by atoms with Gasteiger partial charge in [-0.05, 0) is 31.5 Å². The number of ether oxygens (including phenoxy) is 1. The highest BCUT2D eigenvalue weighted by atomic mass is 19.1. The molecule has 148 valence electrons. The fourth-order valence-corrected chi connectivity index (χ4v) is 2.34. The molecular weight excluding hydrogens is 369 g/mol. The van der Waals surface area contributed by atoms with Crippen LogP contribution in [0.3, 0.4) is 0 Å². The van der Waals surface area contributed by atoms with E-state index in [0.717, 1.165) is 0 Å². The van der Waals surface area contributed by atoms with Crippen molar-refractivity contribution in [3.05, 3.63) is 64.5 Å². The number of hydrogen-bond donors (Lipinski definition) is 2. The van der Waals surface area contributed by atoms with Crippen molar-refractivity contribution in [1.82, 2.24) is 0 Å². The second-order valence-electron chi connectivity index (χ2n) is 5.91. The third kappa shape index (κ3) is 6.04. The Balaban J connectivity index is 1.74. The number of amides is 1. The van der Waals surface area contributed by atoms with Crippen LogP contribution >= 0.6 is 0 Å². The summed E-state index contributed by atoms with van der Waals surface area (Å²) in [5, 5.41) is 16.2. The first-order valence-corrected chi connectivity index (χ1v) is 8.60. The van der Waals surface area contributed by atoms with E-state index in [-0.39, 0.29) is 17.8 Å². The molecule has 1 atom stereocenters. The SMILES string of the molecule is C[C@@H](OC(=O)CCCNc1ccccc1[N+](=O)[O-])C(=O)Nc1ccccc1F. The van der Waals surface area contributed by atoms with E-state index in [1.54, 1.807) is 24.3 Å². The van der Waals surface area contributed by atoms with Gasteiger partial charge in [0.2, 0.25) is 0 Å². The highest BCUT2D eigenvalue weighted by molar-refractivity contribution is 5.95. The molecule has 0 aromatic heterocycles. The van der Waals surface area contributed by atoms with E-state index in [9.17, 15) is 24.1 Å². The van der Waals surface area contributed by atoms with Gasteiger partial charge in [0.05, 0.1) is 10.6 Å². The van der Waals surface area contributed by atoms with E-state index >= 15 is 0 Å². The largest absolute Gasteiger partial charge is 0.453 e. The van der Waals surface area contributed by atoms with Crippen LogP contribution < -0.4 is 10.6 Å². The molecule has 9 heteroatoms. The smallest absolute Gasteiger partial charge is 0.306 e. The second-order valence-corrected chi connectivity index (χ2v) is 5.91. The Hall–Kier alpha value is -3.49. The van der Waals surface area contributed by atoms with E-state index in [1.807, 2.05) is 0 Å². The van der Waals surface area contributed by atoms with Crippen molar-refractivity contribution in [1.29, 1.82) is 0 Å². The second kappa shape index (κ2) is 10.0. The maximum absolute atomic E-state index is 13.5. The number of anilines is 2. The summed E-state index contributed by atoms with van der Waals surface area (Å²) in [7, 11) is 0. The van der Waals surface area contributed by atoms with Crippen molar-refractivity contribution in [2.45, 2.75) is 25.9 Å². The fraction of sp³-hybridized carbons (Fsp3) is 0.263. The van der Waals surface area contributed by atoms with E-state index in [2.05, 4.69) is 10.6 Å². The number of rotatable bonds is 9. The van der Waals surface area contributed by atoms with Gasteiger partial charge in [-0.15, -0.1) is 0 Å². The lowest BCUT2D eigenvalue weighted by atomic mass is 10.2. The maximum atomic E-state index is 13.5. The summed E-state index contributed by atoms with van der Waals surface area (Å²) >= 11 is 0. The number of nitrogens with zero attached hydrogens (tertiary/aromatic N) is 1. The highest BCUT2D eigenvalue weighted by Crippen LogP contribution is 2.23. The van der Waals surface area contributed by atoms with Crippen molar-refractivity contribution in [3.63, 3.8) is 0 Å². The van der Waals surface area contributed by atoms with Crippen LogP contribution in [0.15, 0.2) is 48.5 Å². The number of nitro groups is 1. The monoisotopic (exact) mass is 389 g/mol. The van der Waals surface area contributed by atoms with Crippen LogP contribution in [0.25, 0.3) is 0 Å². The summed E-state index contributed by atoms with van der Waals surface area (Å²) in [6, 6.07) is 11.9. The zero-order chi connectivity index (χ0) is 20.5. The average molecular weight is 389 g/mol. The molecule has 8 nitrogen and oxygen atoms in total. The number of esters is 1. The van der Waals surface area contributed by atoms with E-state index in [1.165, 1.54) is 31.2 Å². The van der Waals surface area contributed by atoms with E-state index in [4.69, 9.17) is 4.74 Å². The molecule has 0 aliphatic heterocycles. The van der Waals surface area contributed by atoms with Crippen molar-refractivity contribution in [2.75, 3.05) is 17.2 Å². The van der Waals surface area contributed by atoms with Gasteiger partial charge < -0.3 is 15.4 Å². The summed E-state index contributed by atoms with van der Waals surface area (Å²) in [6.07, 6.45) is -0.715. The van der Waals surface area contributed by atoms with Crippen molar-refractivity contribution < 1.29 is 23.6 Å². The molecule has 0 radical (unpaired) electrons. The number of para-hydroxylation sites is 3. The van der Waals surface area contributed by atoms with Gasteiger partial charge in [-0.2, -0.15) is 0 Å². The summed E-state index contributed by atoms with van der Waals surface area (Å²) in [5.74, 6) is -1.83. The molecule has 0 saturated carbocycles. The lowest BCUT2D eigenvalue weighted by molar-refractivity contribution is -0.384. The fourth-order valence-electron chi connectivity index (χ4n) is 2.34. The Bertz CT molecular complexity index is 859. The molecule has 0 fully saturated rings. The predicted molar refractivity (Wildman–Crippen MR) is 101 cm³/mol. The standard InChI is InChI=1S/C19H20FN3O5/c1-13(19(25)22-15-8-3-2-7-14(15)20)28-18(24)11-6-12-21-16-9-4-5-10-17(16)23(26)27/h2-5,7-10,13,21H,6,11-12H2,1H3,(H,22,25)/t13-/m1/s1. The van der Waals surface area contributed by atoms with E-state index in [0.29, 0.717) is 18.7 Å². The van der Waals surface area contributed by atoms with Crippen LogP contribution in [-0.4, -0.2) is 29.4 Å². The highest BCUT2D eigenvalue weighted by Gasteiger charge is 2.19. The van der Waals surface area contributed by atoms with Gasteiger partial charge in [-0.25, -0.2) is 4.39 Å². The number of carbonyl (C=O) groups is 2. The number of nitro benzene ring substituents is 1. The summed E-state index contributed by atoms with van der Waals surface area (Å²) in [6.45, 7) is 1.70. The maximum Gasteiger partial charge on any atom is 0.306 e. The molecular formula is C19H20FN3O5. The normalized spacial score (nSPS) is 11.4. The number of nitrogens with one attached hydrogen (secondary N) is 2. The van der Waals surface area contributed by atoms with Crippen molar-refractivity contribution >= 4 is 28.9 Å². The third-order valence-corrected chi connectivity index (χ3v) is 3.78.